The van der Waals surface area contributed by atoms with Crippen LogP contribution >= 0.6 is 0 Å². The van der Waals surface area contributed by atoms with E-state index in [-0.39, 0.29) is 0 Å². The summed E-state index contributed by atoms with van der Waals surface area (Å²) in [6.07, 6.45) is -0.958. The van der Waals surface area contributed by atoms with Gasteiger partial charge in [0.05, 0.1) is 12.2 Å². The molecule has 0 bridgehead atoms. The summed E-state index contributed by atoms with van der Waals surface area (Å²) >= 11 is 0. The Morgan fingerprint density at radius 1 is 1.42 bits per heavy atom. The maximum absolute atomic E-state index is 11.2. The third-order valence-corrected chi connectivity index (χ3v) is 3.51. The van der Waals surface area contributed by atoms with Crippen LogP contribution in [-0.2, 0) is 0 Å². The molecule has 1 amide bonds. The molecule has 0 unspecified atom stereocenters. The minimum atomic E-state index is -1.44. The van der Waals surface area contributed by atoms with Crippen molar-refractivity contribution in [1.29, 1.82) is 0 Å². The molecule has 100 valence electrons. The quantitative estimate of drug-likeness (QED) is 0.585. The number of nitrogens with zero attached hydrogens (tertiary/aromatic N) is 1. The van der Waals surface area contributed by atoms with Gasteiger partial charge in [-0.3, -0.25) is 4.90 Å². The Kier molecular flexibility index (Phi) is 3.54. The fraction of sp³-hybridized carbons (Fsp3) is 0.357. The number of amides is 1. The summed E-state index contributed by atoms with van der Waals surface area (Å²) in [6.45, 7) is 7.26. The lowest BCUT2D eigenvalue weighted by atomic mass is 10.1. The number of hydrogen-bond donors (Lipinski definition) is 1. The van der Waals surface area contributed by atoms with E-state index in [1.165, 1.54) is 4.90 Å². The normalized spacial score (nSPS) is 13.9. The van der Waals surface area contributed by atoms with Crippen LogP contribution in [0.15, 0.2) is 18.2 Å². The molecule has 19 heavy (non-hydrogen) atoms. The van der Waals surface area contributed by atoms with Crippen molar-refractivity contribution < 1.29 is 14.6 Å². The van der Waals surface area contributed by atoms with Crippen LogP contribution in [0.1, 0.15) is 5.56 Å². The van der Waals surface area contributed by atoms with Crippen LogP contribution in [0, 0.1) is 11.5 Å². The second-order valence-corrected chi connectivity index (χ2v) is 10.2. The Morgan fingerprint density at radius 3 is 2.79 bits per heavy atom. The number of fused-ring (bicyclic) bond motifs is 1. The predicted octanol–water partition coefficient (Wildman–Crippen LogP) is 2.79. The summed E-state index contributed by atoms with van der Waals surface area (Å²) < 4.78 is 5.46. The molecule has 1 aliphatic heterocycles. The maximum atomic E-state index is 11.2. The zero-order valence-corrected chi connectivity index (χ0v) is 12.4. The van der Waals surface area contributed by atoms with Crippen molar-refractivity contribution in [3.8, 4) is 17.2 Å². The lowest BCUT2D eigenvalue weighted by Crippen LogP contribution is -2.36. The Labute approximate surface area is 114 Å². The average molecular weight is 275 g/mol. The molecule has 1 aromatic carbocycles. The third kappa shape index (κ3) is 3.29. The fourth-order valence-electron chi connectivity index (χ4n) is 1.75. The first kappa shape index (κ1) is 13.5. The number of anilines is 1. The lowest BCUT2D eigenvalue weighted by Gasteiger charge is -2.27. The van der Waals surface area contributed by atoms with E-state index in [9.17, 15) is 9.90 Å². The van der Waals surface area contributed by atoms with Gasteiger partial charge in [-0.2, -0.15) is 0 Å². The molecule has 1 aliphatic rings. The molecule has 0 atom stereocenters. The van der Waals surface area contributed by atoms with Gasteiger partial charge in [-0.25, -0.2) is 4.79 Å². The Morgan fingerprint density at radius 2 is 2.16 bits per heavy atom. The summed E-state index contributed by atoms with van der Waals surface area (Å²) in [5.74, 6) is 3.73. The number of rotatable bonds is 0. The summed E-state index contributed by atoms with van der Waals surface area (Å²) in [5, 5.41) is 9.18. The minimum absolute atomic E-state index is 0.354. The standard InChI is InChI=1S/C14H17NO3Si/c1-19(2,3)9-6-11-4-5-13-12(10-11)15(14(16)17)7-8-18-13/h4-5,10H,7-8H2,1-3H3,(H,16,17). The smallest absolute Gasteiger partial charge is 0.412 e. The minimum Gasteiger partial charge on any atom is -0.490 e. The van der Waals surface area contributed by atoms with Crippen molar-refractivity contribution in [2.45, 2.75) is 19.6 Å². The van der Waals surface area contributed by atoms with Gasteiger partial charge in [0.1, 0.15) is 20.4 Å². The molecular formula is C14H17NO3Si. The van der Waals surface area contributed by atoms with Gasteiger partial charge in [0.2, 0.25) is 0 Å². The summed E-state index contributed by atoms with van der Waals surface area (Å²) in [4.78, 5) is 12.5. The molecule has 0 saturated heterocycles. The molecule has 4 nitrogen and oxygen atoms in total. The van der Waals surface area contributed by atoms with Crippen molar-refractivity contribution in [1.82, 2.24) is 0 Å². The lowest BCUT2D eigenvalue weighted by molar-refractivity contribution is 0.196. The molecule has 5 heteroatoms. The van der Waals surface area contributed by atoms with E-state index in [1.807, 2.05) is 6.07 Å². The molecule has 0 spiro atoms. The molecule has 1 aromatic rings. The van der Waals surface area contributed by atoms with E-state index in [4.69, 9.17) is 4.74 Å². The van der Waals surface area contributed by atoms with Gasteiger partial charge in [0.25, 0.3) is 0 Å². The van der Waals surface area contributed by atoms with Crippen molar-refractivity contribution in [2.24, 2.45) is 0 Å². The zero-order valence-electron chi connectivity index (χ0n) is 11.4. The highest BCUT2D eigenvalue weighted by Gasteiger charge is 2.23. The van der Waals surface area contributed by atoms with Crippen LogP contribution < -0.4 is 9.64 Å². The number of ether oxygens (including phenoxy) is 1. The summed E-state index contributed by atoms with van der Waals surface area (Å²) in [5.41, 5.74) is 4.69. The van der Waals surface area contributed by atoms with Crippen molar-refractivity contribution in [3.63, 3.8) is 0 Å². The average Bonchev–Trinajstić information content (AvgIpc) is 2.34. The van der Waals surface area contributed by atoms with E-state index in [1.54, 1.807) is 12.1 Å². The van der Waals surface area contributed by atoms with Crippen molar-refractivity contribution >= 4 is 19.9 Å². The third-order valence-electron chi connectivity index (χ3n) is 2.63. The summed E-state index contributed by atoms with van der Waals surface area (Å²) in [6, 6.07) is 5.45. The first-order valence-corrected chi connectivity index (χ1v) is 9.67. The molecule has 0 radical (unpaired) electrons. The van der Waals surface area contributed by atoms with E-state index >= 15 is 0 Å². The van der Waals surface area contributed by atoms with Gasteiger partial charge in [0, 0.05) is 5.56 Å². The first-order chi connectivity index (χ1) is 8.87. The highest BCUT2D eigenvalue weighted by Crippen LogP contribution is 2.32. The first-order valence-electron chi connectivity index (χ1n) is 6.17. The van der Waals surface area contributed by atoms with Gasteiger partial charge in [-0.15, -0.1) is 5.54 Å². The van der Waals surface area contributed by atoms with Crippen molar-refractivity contribution in [2.75, 3.05) is 18.1 Å². The van der Waals surface area contributed by atoms with E-state index in [0.29, 0.717) is 24.6 Å². The van der Waals surface area contributed by atoms with Gasteiger partial charge < -0.3 is 9.84 Å². The van der Waals surface area contributed by atoms with Crippen LogP contribution in [0.2, 0.25) is 19.6 Å². The molecule has 0 aromatic heterocycles. The van der Waals surface area contributed by atoms with E-state index in [0.717, 1.165) is 5.56 Å². The Balaban J connectivity index is 2.38. The molecular weight excluding hydrogens is 258 g/mol. The molecule has 1 N–H and O–H groups in total. The maximum Gasteiger partial charge on any atom is 0.412 e. The topological polar surface area (TPSA) is 49.8 Å². The van der Waals surface area contributed by atoms with Gasteiger partial charge in [-0.05, 0) is 18.2 Å². The predicted molar refractivity (Wildman–Crippen MR) is 77.5 cm³/mol. The monoisotopic (exact) mass is 275 g/mol. The number of carbonyl (C=O) groups is 1. The van der Waals surface area contributed by atoms with Gasteiger partial charge >= 0.3 is 6.09 Å². The second-order valence-electron chi connectivity index (χ2n) is 5.47. The van der Waals surface area contributed by atoms with Crippen molar-refractivity contribution in [3.05, 3.63) is 23.8 Å². The highest BCUT2D eigenvalue weighted by atomic mass is 28.3. The molecule has 0 fully saturated rings. The van der Waals surface area contributed by atoms with Crippen LogP contribution in [-0.4, -0.2) is 32.4 Å². The van der Waals surface area contributed by atoms with Crippen LogP contribution in [0.3, 0.4) is 0 Å². The highest BCUT2D eigenvalue weighted by molar-refractivity contribution is 6.83. The number of hydrogen-bond acceptors (Lipinski definition) is 2. The van der Waals surface area contributed by atoms with Crippen LogP contribution in [0.5, 0.6) is 5.75 Å². The number of carboxylic acid groups (broad SMARTS) is 1. The molecule has 2 rings (SSSR count). The van der Waals surface area contributed by atoms with Gasteiger partial charge in [-0.1, -0.05) is 25.6 Å². The largest absolute Gasteiger partial charge is 0.490 e. The Bertz CT molecular complexity index is 566. The Hall–Kier alpha value is -1.93. The van der Waals surface area contributed by atoms with E-state index < -0.39 is 14.2 Å². The molecule has 1 heterocycles. The zero-order chi connectivity index (χ0) is 14.0. The number of benzene rings is 1. The van der Waals surface area contributed by atoms with Crippen LogP contribution in [0.4, 0.5) is 10.5 Å². The molecule has 0 saturated carbocycles. The molecule has 0 aliphatic carbocycles. The van der Waals surface area contributed by atoms with Gasteiger partial charge in [0.15, 0.2) is 0 Å². The SMILES string of the molecule is C[Si](C)(C)C#Cc1ccc2c(c1)N(C(=O)O)CCO2. The summed E-state index contributed by atoms with van der Waals surface area (Å²) in [7, 11) is -1.44. The van der Waals surface area contributed by atoms with Crippen LogP contribution in [0.25, 0.3) is 0 Å². The fourth-order valence-corrected chi connectivity index (χ4v) is 2.27. The van der Waals surface area contributed by atoms with E-state index in [2.05, 4.69) is 31.1 Å². The second kappa shape index (κ2) is 4.98.